The topological polar surface area (TPSA) is 23.9 Å². The molecule has 5 heteroatoms. The number of alkyl halides is 3. The average Bonchev–Trinajstić information content (AvgIpc) is 1.80. The minimum absolute atomic E-state index is 0.147. The zero-order valence-corrected chi connectivity index (χ0v) is 6.94. The normalized spacial score (nSPS) is 13.4. The summed E-state index contributed by atoms with van der Waals surface area (Å²) < 4.78 is 35.2. The van der Waals surface area contributed by atoms with Crippen LogP contribution in [0.4, 0.5) is 13.2 Å². The Kier molecular flexibility index (Phi) is 3.65. The van der Waals surface area contributed by atoms with Crippen LogP contribution in [0.25, 0.3) is 0 Å². The molecule has 0 aromatic carbocycles. The molecule has 0 heterocycles. The van der Waals surface area contributed by atoms with Crippen molar-refractivity contribution in [3.05, 3.63) is 11.0 Å². The van der Waals surface area contributed by atoms with E-state index < -0.39 is 11.7 Å². The third-order valence-corrected chi connectivity index (χ3v) is 1.68. The third kappa shape index (κ3) is 4.89. The van der Waals surface area contributed by atoms with Crippen molar-refractivity contribution in [3.63, 3.8) is 0 Å². The van der Waals surface area contributed by atoms with Crippen molar-refractivity contribution in [2.75, 3.05) is 0 Å². The highest BCUT2D eigenvalue weighted by atomic mass is 32.2. The quantitative estimate of drug-likeness (QED) is 0.490. The Balaban J connectivity index is 4.12. The van der Waals surface area contributed by atoms with Gasteiger partial charge in [-0.2, -0.15) is 13.2 Å². The summed E-state index contributed by atoms with van der Waals surface area (Å²) in [5.74, 6) is 0. The molecule has 0 unspecified atom stereocenters. The second-order valence-corrected chi connectivity index (χ2v) is 3.06. The van der Waals surface area contributed by atoms with E-state index in [1.165, 1.54) is 6.92 Å². The highest BCUT2D eigenvalue weighted by Gasteiger charge is 2.29. The van der Waals surface area contributed by atoms with Crippen molar-refractivity contribution < 1.29 is 13.2 Å². The van der Waals surface area contributed by atoms with E-state index in [2.05, 4.69) is 0 Å². The number of hydrogen-bond acceptors (Lipinski definition) is 2. The predicted molar refractivity (Wildman–Crippen MR) is 40.8 cm³/mol. The zero-order chi connectivity index (χ0) is 9.07. The van der Waals surface area contributed by atoms with Gasteiger partial charge < -0.3 is 0 Å². The van der Waals surface area contributed by atoms with E-state index in [4.69, 9.17) is 5.41 Å². The molecule has 0 spiro atoms. The second-order valence-electron chi connectivity index (χ2n) is 1.97. The molecule has 0 rings (SSSR count). The fourth-order valence-corrected chi connectivity index (χ4v) is 0.731. The Labute approximate surface area is 67.2 Å². The maximum atomic E-state index is 11.7. The van der Waals surface area contributed by atoms with Gasteiger partial charge in [-0.15, -0.1) is 0 Å². The van der Waals surface area contributed by atoms with Crippen molar-refractivity contribution in [1.29, 1.82) is 5.41 Å². The van der Waals surface area contributed by atoms with E-state index in [9.17, 15) is 13.2 Å². The smallest absolute Gasteiger partial charge is 0.298 e. The van der Waals surface area contributed by atoms with Gasteiger partial charge in [0.1, 0.15) is 0 Å². The van der Waals surface area contributed by atoms with Gasteiger partial charge in [-0.1, -0.05) is 11.8 Å². The molecule has 64 valence electrons. The summed E-state index contributed by atoms with van der Waals surface area (Å²) in [5, 5.41) is 7.92. The summed E-state index contributed by atoms with van der Waals surface area (Å²) in [5.41, 5.74) is -0.672. The molecule has 0 bridgehead atoms. The zero-order valence-electron chi connectivity index (χ0n) is 6.12. The number of allylic oxidation sites excluding steroid dienone is 1. The summed E-state index contributed by atoms with van der Waals surface area (Å²) in [4.78, 5) is 0. The van der Waals surface area contributed by atoms with Crippen LogP contribution in [-0.2, 0) is 0 Å². The number of hydrogen-bond donors (Lipinski definition) is 1. The largest absolute Gasteiger partial charge is 0.412 e. The van der Waals surface area contributed by atoms with Crippen molar-refractivity contribution in [3.8, 4) is 0 Å². The first kappa shape index (κ1) is 10.6. The minimum Gasteiger partial charge on any atom is -0.298 e. The van der Waals surface area contributed by atoms with Gasteiger partial charge in [0, 0.05) is 5.57 Å². The lowest BCUT2D eigenvalue weighted by atomic mass is 10.3. The lowest BCUT2D eigenvalue weighted by Gasteiger charge is -2.04. The van der Waals surface area contributed by atoms with Crippen molar-refractivity contribution in [1.82, 2.24) is 0 Å². The van der Waals surface area contributed by atoms with E-state index in [-0.39, 0.29) is 5.04 Å². The molecule has 0 atom stereocenters. The Hall–Kier alpha value is -0.450. The van der Waals surface area contributed by atoms with Crippen LogP contribution in [0.2, 0.25) is 0 Å². The first-order valence-corrected chi connectivity index (χ1v) is 3.68. The third-order valence-electron chi connectivity index (χ3n) is 0.860. The molecule has 0 aromatic heterocycles. The molecule has 0 aromatic rings. The molecule has 0 aliphatic carbocycles. The van der Waals surface area contributed by atoms with E-state index in [1.807, 2.05) is 0 Å². The molecular formula is C6H8F3NS. The average molecular weight is 183 g/mol. The first-order valence-electron chi connectivity index (χ1n) is 2.80. The highest BCUT2D eigenvalue weighted by Crippen LogP contribution is 2.26. The summed E-state index contributed by atoms with van der Waals surface area (Å²) in [6, 6.07) is 0. The van der Waals surface area contributed by atoms with Gasteiger partial charge in [0.2, 0.25) is 0 Å². The molecule has 0 saturated heterocycles. The maximum Gasteiger partial charge on any atom is 0.412 e. The second kappa shape index (κ2) is 3.80. The van der Waals surface area contributed by atoms with Crippen LogP contribution in [0.3, 0.4) is 0 Å². The monoisotopic (exact) mass is 183 g/mol. The van der Waals surface area contributed by atoms with Gasteiger partial charge in [-0.3, -0.25) is 5.41 Å². The molecule has 0 radical (unpaired) electrons. The summed E-state index contributed by atoms with van der Waals surface area (Å²) >= 11 is 0.768. The fraction of sp³-hybridized carbons (Fsp3) is 0.500. The van der Waals surface area contributed by atoms with Crippen molar-refractivity contribution >= 4 is 16.8 Å². The van der Waals surface area contributed by atoms with Crippen molar-refractivity contribution in [2.24, 2.45) is 0 Å². The highest BCUT2D eigenvalue weighted by molar-refractivity contribution is 8.16. The van der Waals surface area contributed by atoms with Crippen molar-refractivity contribution in [2.45, 2.75) is 20.0 Å². The molecule has 0 aliphatic heterocycles. The molecule has 0 saturated carbocycles. The molecule has 0 amide bonds. The predicted octanol–water partition coefficient (Wildman–Crippen LogP) is 3.18. The Morgan fingerprint density at radius 2 is 1.82 bits per heavy atom. The van der Waals surface area contributed by atoms with E-state index in [0.29, 0.717) is 0 Å². The van der Waals surface area contributed by atoms with E-state index in [0.717, 1.165) is 24.1 Å². The van der Waals surface area contributed by atoms with Gasteiger partial charge in [0.15, 0.2) is 0 Å². The molecular weight excluding hydrogens is 175 g/mol. The fourth-order valence-electron chi connectivity index (χ4n) is 0.244. The van der Waals surface area contributed by atoms with Gasteiger partial charge in [0.25, 0.3) is 0 Å². The summed E-state index contributed by atoms with van der Waals surface area (Å²) in [7, 11) is 0. The summed E-state index contributed by atoms with van der Waals surface area (Å²) in [6.07, 6.45) is -4.26. The van der Waals surface area contributed by atoms with Gasteiger partial charge in [-0.25, -0.2) is 0 Å². The number of halogens is 3. The van der Waals surface area contributed by atoms with Crippen LogP contribution in [0.15, 0.2) is 11.0 Å². The van der Waals surface area contributed by atoms with Gasteiger partial charge in [0.05, 0.1) is 5.04 Å². The molecule has 11 heavy (non-hydrogen) atoms. The lowest BCUT2D eigenvalue weighted by Crippen LogP contribution is -2.08. The van der Waals surface area contributed by atoms with Crippen LogP contribution in [-0.4, -0.2) is 11.2 Å². The van der Waals surface area contributed by atoms with Gasteiger partial charge >= 0.3 is 6.18 Å². The Morgan fingerprint density at radius 3 is 2.09 bits per heavy atom. The molecule has 1 nitrogen and oxygen atoms in total. The van der Waals surface area contributed by atoms with Crippen LogP contribution in [0.5, 0.6) is 0 Å². The van der Waals surface area contributed by atoms with Crippen LogP contribution in [0, 0.1) is 5.41 Å². The maximum absolute atomic E-state index is 11.7. The summed E-state index contributed by atoms with van der Waals surface area (Å²) in [6.45, 7) is 2.42. The van der Waals surface area contributed by atoms with Crippen LogP contribution in [0.1, 0.15) is 13.8 Å². The Bertz CT molecular complexity index is 183. The van der Waals surface area contributed by atoms with E-state index >= 15 is 0 Å². The first-order chi connectivity index (χ1) is 4.84. The number of nitrogens with one attached hydrogen (secondary N) is 1. The standard InChI is InChI=1S/C6H8F3NS/c1-4(6(7,8)9)3-11-5(2)10/h3,10H,1-2H3/b4-3+,10-5?. The molecule has 1 N–H and O–H groups in total. The Morgan fingerprint density at radius 1 is 1.36 bits per heavy atom. The molecule has 0 fully saturated rings. The van der Waals surface area contributed by atoms with Crippen LogP contribution >= 0.6 is 11.8 Å². The SMILES string of the molecule is CC(=N)S/C=C(\C)C(F)(F)F. The minimum atomic E-state index is -4.26. The number of rotatable bonds is 1. The molecule has 0 aliphatic rings. The van der Waals surface area contributed by atoms with E-state index in [1.54, 1.807) is 0 Å². The lowest BCUT2D eigenvalue weighted by molar-refractivity contribution is -0.0910. The van der Waals surface area contributed by atoms with Crippen LogP contribution < -0.4 is 0 Å². The van der Waals surface area contributed by atoms with Gasteiger partial charge in [-0.05, 0) is 19.3 Å². The number of thioether (sulfide) groups is 1.